The summed E-state index contributed by atoms with van der Waals surface area (Å²) in [5, 5.41) is 3.73. The second kappa shape index (κ2) is 3.38. The van der Waals surface area contributed by atoms with Crippen molar-refractivity contribution in [2.75, 3.05) is 13.7 Å². The molecule has 0 aliphatic carbocycles. The predicted octanol–water partition coefficient (Wildman–Crippen LogP) is 1.36. The quantitative estimate of drug-likeness (QED) is 0.777. The summed E-state index contributed by atoms with van der Waals surface area (Å²) in [5.74, 6) is 0.499. The molecule has 1 aromatic heterocycles. The van der Waals surface area contributed by atoms with Crippen LogP contribution in [0.15, 0.2) is 12.1 Å². The molecule has 2 rings (SSSR count). The molecule has 0 aromatic carbocycles. The highest BCUT2D eigenvalue weighted by Crippen LogP contribution is 2.33. The fourth-order valence-electron chi connectivity index (χ4n) is 1.47. The summed E-state index contributed by atoms with van der Waals surface area (Å²) in [4.78, 5) is 12.2. The first-order valence-corrected chi connectivity index (χ1v) is 5.01. The molecule has 13 heavy (non-hydrogen) atoms. The number of methoxy groups -OCH3 is 1. The Balaban J connectivity index is 2.12. The molecule has 0 spiro atoms. The van der Waals surface area contributed by atoms with Gasteiger partial charge >= 0.3 is 0 Å². The number of carbonyl (C=O) groups is 1. The molecule has 0 bridgehead atoms. The molecule has 1 N–H and O–H groups in total. The van der Waals surface area contributed by atoms with Crippen molar-refractivity contribution in [2.24, 2.45) is 0 Å². The fourth-order valence-corrected chi connectivity index (χ4v) is 2.39. The van der Waals surface area contributed by atoms with Gasteiger partial charge in [0.25, 0.3) is 0 Å². The lowest BCUT2D eigenvalue weighted by atomic mass is 10.1. The Morgan fingerprint density at radius 1 is 1.62 bits per heavy atom. The second-order valence-corrected chi connectivity index (χ2v) is 4.14. The lowest BCUT2D eigenvalue weighted by molar-refractivity contribution is -0.119. The van der Waals surface area contributed by atoms with Crippen LogP contribution >= 0.6 is 11.3 Å². The lowest BCUT2D eigenvalue weighted by Crippen LogP contribution is -2.13. The van der Waals surface area contributed by atoms with Gasteiger partial charge in [-0.05, 0) is 12.1 Å². The maximum atomic E-state index is 11.0. The standard InChI is InChI=1S/C9H11NO2S/c1-12-9-3-2-7(13-9)6-4-8(11)10-5-6/h2-3,6H,4-5H2,1H3,(H,10,11). The Bertz CT molecular complexity index is 321. The van der Waals surface area contributed by atoms with Crippen LogP contribution in [0.25, 0.3) is 0 Å². The minimum Gasteiger partial charge on any atom is -0.487 e. The smallest absolute Gasteiger partial charge is 0.220 e. The van der Waals surface area contributed by atoms with Gasteiger partial charge in [-0.25, -0.2) is 0 Å². The van der Waals surface area contributed by atoms with E-state index in [0.29, 0.717) is 12.3 Å². The Labute approximate surface area is 80.7 Å². The monoisotopic (exact) mass is 197 g/mol. The van der Waals surface area contributed by atoms with E-state index in [1.807, 2.05) is 12.1 Å². The lowest BCUT2D eigenvalue weighted by Gasteiger charge is -2.01. The Morgan fingerprint density at radius 3 is 3.00 bits per heavy atom. The molecule has 1 amide bonds. The summed E-state index contributed by atoms with van der Waals surface area (Å²) in [6.07, 6.45) is 0.615. The second-order valence-electron chi connectivity index (χ2n) is 3.07. The van der Waals surface area contributed by atoms with E-state index in [4.69, 9.17) is 4.74 Å². The van der Waals surface area contributed by atoms with Gasteiger partial charge in [-0.1, -0.05) is 0 Å². The zero-order chi connectivity index (χ0) is 9.26. The first kappa shape index (κ1) is 8.56. The number of hydrogen-bond acceptors (Lipinski definition) is 3. The maximum Gasteiger partial charge on any atom is 0.220 e. The van der Waals surface area contributed by atoms with Crippen LogP contribution in [0.4, 0.5) is 0 Å². The number of rotatable bonds is 2. The topological polar surface area (TPSA) is 38.3 Å². The van der Waals surface area contributed by atoms with Crippen LogP contribution in [-0.2, 0) is 4.79 Å². The first-order chi connectivity index (χ1) is 6.29. The molecule has 70 valence electrons. The SMILES string of the molecule is COc1ccc(C2CNC(=O)C2)s1. The van der Waals surface area contributed by atoms with Crippen molar-refractivity contribution in [1.82, 2.24) is 5.32 Å². The molecule has 1 aromatic rings. The van der Waals surface area contributed by atoms with E-state index in [2.05, 4.69) is 5.32 Å². The van der Waals surface area contributed by atoms with Gasteiger partial charge in [0.05, 0.1) is 7.11 Å². The van der Waals surface area contributed by atoms with Crippen LogP contribution in [0.3, 0.4) is 0 Å². The van der Waals surface area contributed by atoms with Gasteiger partial charge in [0.15, 0.2) is 5.06 Å². The zero-order valence-corrected chi connectivity index (χ0v) is 8.19. The average Bonchev–Trinajstić information content (AvgIpc) is 2.71. The Morgan fingerprint density at radius 2 is 2.46 bits per heavy atom. The third-order valence-electron chi connectivity index (χ3n) is 2.18. The van der Waals surface area contributed by atoms with E-state index in [1.165, 1.54) is 4.88 Å². The van der Waals surface area contributed by atoms with Gasteiger partial charge in [0, 0.05) is 23.8 Å². The summed E-state index contributed by atoms with van der Waals surface area (Å²) in [6.45, 7) is 0.766. The van der Waals surface area contributed by atoms with Crippen LogP contribution < -0.4 is 10.1 Å². The van der Waals surface area contributed by atoms with Crippen molar-refractivity contribution in [3.8, 4) is 5.06 Å². The molecule has 0 saturated carbocycles. The van der Waals surface area contributed by atoms with E-state index < -0.39 is 0 Å². The summed E-state index contributed by atoms with van der Waals surface area (Å²) >= 11 is 1.62. The maximum absolute atomic E-state index is 11.0. The predicted molar refractivity (Wildman–Crippen MR) is 51.2 cm³/mol. The van der Waals surface area contributed by atoms with E-state index >= 15 is 0 Å². The molecule has 1 fully saturated rings. The molecule has 1 unspecified atom stereocenters. The van der Waals surface area contributed by atoms with E-state index in [-0.39, 0.29) is 5.91 Å². The largest absolute Gasteiger partial charge is 0.487 e. The molecule has 4 heteroatoms. The Hall–Kier alpha value is -1.03. The zero-order valence-electron chi connectivity index (χ0n) is 7.37. The summed E-state index contributed by atoms with van der Waals surface area (Å²) < 4.78 is 5.09. The fraction of sp³-hybridized carbons (Fsp3) is 0.444. The number of thiophene rings is 1. The molecular formula is C9H11NO2S. The van der Waals surface area contributed by atoms with Gasteiger partial charge in [-0.2, -0.15) is 0 Å². The van der Waals surface area contributed by atoms with Crippen LogP contribution in [-0.4, -0.2) is 19.6 Å². The minimum atomic E-state index is 0.150. The Kier molecular flexibility index (Phi) is 2.22. The van der Waals surface area contributed by atoms with Crippen molar-refractivity contribution in [3.63, 3.8) is 0 Å². The van der Waals surface area contributed by atoms with Crippen LogP contribution in [0.1, 0.15) is 17.2 Å². The first-order valence-electron chi connectivity index (χ1n) is 4.20. The molecule has 1 saturated heterocycles. The summed E-state index contributed by atoms with van der Waals surface area (Å²) in [5.41, 5.74) is 0. The normalized spacial score (nSPS) is 21.6. The number of ether oxygens (including phenoxy) is 1. The number of nitrogens with one attached hydrogen (secondary N) is 1. The van der Waals surface area contributed by atoms with E-state index in [9.17, 15) is 4.79 Å². The van der Waals surface area contributed by atoms with Crippen LogP contribution in [0.5, 0.6) is 5.06 Å². The van der Waals surface area contributed by atoms with Gasteiger partial charge < -0.3 is 10.1 Å². The molecule has 0 radical (unpaired) electrons. The molecule has 3 nitrogen and oxygen atoms in total. The third-order valence-corrected chi connectivity index (χ3v) is 3.39. The van der Waals surface area contributed by atoms with Crippen LogP contribution in [0, 0.1) is 0 Å². The van der Waals surface area contributed by atoms with Gasteiger partial charge in [0.1, 0.15) is 0 Å². The molecular weight excluding hydrogens is 186 g/mol. The van der Waals surface area contributed by atoms with Crippen molar-refractivity contribution in [3.05, 3.63) is 17.0 Å². The third kappa shape index (κ3) is 1.67. The number of amides is 1. The number of carbonyl (C=O) groups excluding carboxylic acids is 1. The molecule has 2 heterocycles. The minimum absolute atomic E-state index is 0.150. The van der Waals surface area contributed by atoms with Gasteiger partial charge in [-0.15, -0.1) is 11.3 Å². The van der Waals surface area contributed by atoms with Crippen molar-refractivity contribution in [1.29, 1.82) is 0 Å². The highest BCUT2D eigenvalue weighted by molar-refractivity contribution is 7.13. The van der Waals surface area contributed by atoms with Gasteiger partial charge in [-0.3, -0.25) is 4.79 Å². The highest BCUT2D eigenvalue weighted by atomic mass is 32.1. The van der Waals surface area contributed by atoms with Crippen molar-refractivity contribution in [2.45, 2.75) is 12.3 Å². The summed E-state index contributed by atoms with van der Waals surface area (Å²) in [7, 11) is 1.66. The molecule has 1 aliphatic rings. The van der Waals surface area contributed by atoms with Gasteiger partial charge in [0.2, 0.25) is 5.91 Å². The van der Waals surface area contributed by atoms with E-state index in [0.717, 1.165) is 11.6 Å². The summed E-state index contributed by atoms with van der Waals surface area (Å²) in [6, 6.07) is 3.98. The molecule has 1 aliphatic heterocycles. The highest BCUT2D eigenvalue weighted by Gasteiger charge is 2.24. The van der Waals surface area contributed by atoms with Crippen molar-refractivity contribution >= 4 is 17.2 Å². The number of hydrogen-bond donors (Lipinski definition) is 1. The average molecular weight is 197 g/mol. The van der Waals surface area contributed by atoms with Crippen molar-refractivity contribution < 1.29 is 9.53 Å². The molecule has 1 atom stereocenters. The van der Waals surface area contributed by atoms with Crippen LogP contribution in [0.2, 0.25) is 0 Å². The van der Waals surface area contributed by atoms with E-state index in [1.54, 1.807) is 18.4 Å².